The van der Waals surface area contributed by atoms with E-state index in [1.54, 1.807) is 18.5 Å². The van der Waals surface area contributed by atoms with Gasteiger partial charge in [-0.05, 0) is 48.0 Å². The highest BCUT2D eigenvalue weighted by Gasteiger charge is 2.16. The Morgan fingerprint density at radius 3 is 2.67 bits per heavy atom. The van der Waals surface area contributed by atoms with Gasteiger partial charge in [0.1, 0.15) is 5.82 Å². The van der Waals surface area contributed by atoms with E-state index in [1.165, 1.54) is 12.1 Å². The fourth-order valence-electron chi connectivity index (χ4n) is 1.90. The van der Waals surface area contributed by atoms with Crippen molar-refractivity contribution in [3.63, 3.8) is 0 Å². The maximum atomic E-state index is 13.4. The molecule has 0 saturated carbocycles. The summed E-state index contributed by atoms with van der Waals surface area (Å²) >= 11 is 6.15. The summed E-state index contributed by atoms with van der Waals surface area (Å²) in [7, 11) is 0. The van der Waals surface area contributed by atoms with Crippen molar-refractivity contribution in [2.45, 2.75) is 13.0 Å². The Morgan fingerprint density at radius 2 is 2.00 bits per heavy atom. The Kier molecular flexibility index (Phi) is 4.28. The van der Waals surface area contributed by atoms with Gasteiger partial charge >= 0.3 is 0 Å². The van der Waals surface area contributed by atoms with Crippen LogP contribution in [0.1, 0.15) is 24.1 Å². The summed E-state index contributed by atoms with van der Waals surface area (Å²) < 4.78 is 13.4. The Labute approximate surface area is 111 Å². The first-order valence-corrected chi connectivity index (χ1v) is 6.18. The van der Waals surface area contributed by atoms with Gasteiger partial charge in [-0.3, -0.25) is 4.98 Å². The summed E-state index contributed by atoms with van der Waals surface area (Å²) in [6.45, 7) is 2.77. The van der Waals surface area contributed by atoms with Crippen molar-refractivity contribution in [1.82, 2.24) is 10.3 Å². The molecule has 1 aromatic heterocycles. The van der Waals surface area contributed by atoms with Gasteiger partial charge in [-0.2, -0.15) is 0 Å². The SMILES string of the molecule is CCNC(c1ccncc1)c1cc(F)ccc1Cl. The summed E-state index contributed by atoms with van der Waals surface area (Å²) in [4.78, 5) is 3.99. The van der Waals surface area contributed by atoms with Crippen LogP contribution in [-0.4, -0.2) is 11.5 Å². The molecule has 0 spiro atoms. The summed E-state index contributed by atoms with van der Waals surface area (Å²) in [5, 5.41) is 3.86. The molecule has 4 heteroatoms. The molecule has 1 atom stereocenters. The number of aromatic nitrogens is 1. The van der Waals surface area contributed by atoms with Crippen LogP contribution in [0.2, 0.25) is 5.02 Å². The number of hydrogen-bond acceptors (Lipinski definition) is 2. The van der Waals surface area contributed by atoms with Gasteiger partial charge in [0.05, 0.1) is 6.04 Å². The van der Waals surface area contributed by atoms with E-state index in [9.17, 15) is 4.39 Å². The third-order valence-corrected chi connectivity index (χ3v) is 3.06. The van der Waals surface area contributed by atoms with E-state index in [0.717, 1.165) is 17.7 Å². The second kappa shape index (κ2) is 5.94. The number of nitrogens with one attached hydrogen (secondary N) is 1. The predicted octanol–water partition coefficient (Wildman–Crippen LogP) is 3.57. The van der Waals surface area contributed by atoms with Gasteiger partial charge in [0, 0.05) is 17.4 Å². The van der Waals surface area contributed by atoms with Gasteiger partial charge in [-0.1, -0.05) is 18.5 Å². The highest BCUT2D eigenvalue weighted by Crippen LogP contribution is 2.28. The van der Waals surface area contributed by atoms with Gasteiger partial charge < -0.3 is 5.32 Å². The van der Waals surface area contributed by atoms with Crippen LogP contribution >= 0.6 is 11.6 Å². The van der Waals surface area contributed by atoms with Crippen molar-refractivity contribution in [2.75, 3.05) is 6.54 Å². The van der Waals surface area contributed by atoms with Crippen molar-refractivity contribution >= 4 is 11.6 Å². The van der Waals surface area contributed by atoms with Gasteiger partial charge in [0.15, 0.2) is 0 Å². The van der Waals surface area contributed by atoms with Gasteiger partial charge in [0.25, 0.3) is 0 Å². The molecule has 94 valence electrons. The molecule has 0 aliphatic heterocycles. The lowest BCUT2D eigenvalue weighted by Crippen LogP contribution is -2.22. The number of rotatable bonds is 4. The monoisotopic (exact) mass is 264 g/mol. The molecular weight excluding hydrogens is 251 g/mol. The summed E-state index contributed by atoms with van der Waals surface area (Å²) in [6.07, 6.45) is 3.43. The lowest BCUT2D eigenvalue weighted by Gasteiger charge is -2.20. The molecule has 2 rings (SSSR count). The molecule has 0 saturated heterocycles. The molecule has 1 unspecified atom stereocenters. The maximum Gasteiger partial charge on any atom is 0.123 e. The molecule has 0 aliphatic carbocycles. The third-order valence-electron chi connectivity index (χ3n) is 2.72. The molecule has 18 heavy (non-hydrogen) atoms. The van der Waals surface area contributed by atoms with Crippen LogP contribution in [0.3, 0.4) is 0 Å². The Balaban J connectivity index is 2.44. The number of hydrogen-bond donors (Lipinski definition) is 1. The third kappa shape index (κ3) is 2.86. The minimum atomic E-state index is -0.286. The Bertz CT molecular complexity index is 516. The first-order valence-electron chi connectivity index (χ1n) is 5.80. The zero-order valence-corrected chi connectivity index (χ0v) is 10.8. The molecule has 2 aromatic rings. The highest BCUT2D eigenvalue weighted by atomic mass is 35.5. The number of pyridine rings is 1. The van der Waals surface area contributed by atoms with Crippen LogP contribution in [-0.2, 0) is 0 Å². The average molecular weight is 265 g/mol. The van der Waals surface area contributed by atoms with Crippen LogP contribution in [0.25, 0.3) is 0 Å². The van der Waals surface area contributed by atoms with E-state index in [2.05, 4.69) is 10.3 Å². The molecule has 0 fully saturated rings. The quantitative estimate of drug-likeness (QED) is 0.913. The van der Waals surface area contributed by atoms with E-state index < -0.39 is 0 Å². The van der Waals surface area contributed by atoms with Crippen LogP contribution in [0, 0.1) is 5.82 Å². The predicted molar refractivity (Wildman–Crippen MR) is 71.2 cm³/mol. The lowest BCUT2D eigenvalue weighted by atomic mass is 9.99. The van der Waals surface area contributed by atoms with E-state index >= 15 is 0 Å². The Hall–Kier alpha value is -1.45. The van der Waals surface area contributed by atoms with Crippen LogP contribution in [0.15, 0.2) is 42.7 Å². The fourth-order valence-corrected chi connectivity index (χ4v) is 2.13. The maximum absolute atomic E-state index is 13.4. The van der Waals surface area contributed by atoms with Crippen molar-refractivity contribution in [3.8, 4) is 0 Å². The number of benzene rings is 1. The van der Waals surface area contributed by atoms with E-state index in [0.29, 0.717) is 5.02 Å². The zero-order valence-electron chi connectivity index (χ0n) is 10.0. The molecular formula is C14H14ClFN2. The summed E-state index contributed by atoms with van der Waals surface area (Å²) in [5.74, 6) is -0.286. The van der Waals surface area contributed by atoms with Gasteiger partial charge in [-0.15, -0.1) is 0 Å². The van der Waals surface area contributed by atoms with Crippen LogP contribution < -0.4 is 5.32 Å². The molecule has 0 radical (unpaired) electrons. The molecule has 1 aromatic carbocycles. The minimum Gasteiger partial charge on any atom is -0.306 e. The lowest BCUT2D eigenvalue weighted by molar-refractivity contribution is 0.603. The molecule has 0 amide bonds. The molecule has 0 bridgehead atoms. The van der Waals surface area contributed by atoms with Crippen molar-refractivity contribution in [3.05, 3.63) is 64.7 Å². The standard InChI is InChI=1S/C14H14ClFN2/c1-2-18-14(10-5-7-17-8-6-10)12-9-11(16)3-4-13(12)15/h3-9,14,18H,2H2,1H3. The van der Waals surface area contributed by atoms with Gasteiger partial charge in [0.2, 0.25) is 0 Å². The smallest absolute Gasteiger partial charge is 0.123 e. The summed E-state index contributed by atoms with van der Waals surface area (Å²) in [6, 6.07) is 8.08. The van der Waals surface area contributed by atoms with E-state index in [1.807, 2.05) is 19.1 Å². The fraction of sp³-hybridized carbons (Fsp3) is 0.214. The van der Waals surface area contributed by atoms with E-state index in [4.69, 9.17) is 11.6 Å². The molecule has 2 nitrogen and oxygen atoms in total. The number of nitrogens with zero attached hydrogens (tertiary/aromatic N) is 1. The zero-order chi connectivity index (χ0) is 13.0. The van der Waals surface area contributed by atoms with E-state index in [-0.39, 0.29) is 11.9 Å². The van der Waals surface area contributed by atoms with Crippen LogP contribution in [0.4, 0.5) is 4.39 Å². The van der Waals surface area contributed by atoms with Crippen molar-refractivity contribution in [1.29, 1.82) is 0 Å². The van der Waals surface area contributed by atoms with Crippen molar-refractivity contribution < 1.29 is 4.39 Å². The molecule has 1 heterocycles. The first kappa shape index (κ1) is 13.0. The van der Waals surface area contributed by atoms with Crippen molar-refractivity contribution in [2.24, 2.45) is 0 Å². The van der Waals surface area contributed by atoms with Gasteiger partial charge in [-0.25, -0.2) is 4.39 Å². The number of halogens is 2. The topological polar surface area (TPSA) is 24.9 Å². The van der Waals surface area contributed by atoms with Crippen LogP contribution in [0.5, 0.6) is 0 Å². The largest absolute Gasteiger partial charge is 0.306 e. The second-order valence-electron chi connectivity index (χ2n) is 3.94. The molecule has 0 aliphatic rings. The molecule has 1 N–H and O–H groups in total. The second-order valence-corrected chi connectivity index (χ2v) is 4.34. The average Bonchev–Trinajstić information content (AvgIpc) is 2.40. The highest BCUT2D eigenvalue weighted by molar-refractivity contribution is 6.31. The Morgan fingerprint density at radius 1 is 1.28 bits per heavy atom. The minimum absolute atomic E-state index is 0.124. The normalized spacial score (nSPS) is 12.4. The first-order chi connectivity index (χ1) is 8.72. The summed E-state index contributed by atoms with van der Waals surface area (Å²) in [5.41, 5.74) is 1.75.